The number of nitrogens with two attached hydrogens (primary N) is 1. The predicted octanol–water partition coefficient (Wildman–Crippen LogP) is 4.63. The van der Waals surface area contributed by atoms with Crippen LogP contribution in [0.15, 0.2) is 79.0 Å². The third-order valence-electron chi connectivity index (χ3n) is 6.73. The van der Waals surface area contributed by atoms with Gasteiger partial charge >= 0.3 is 0 Å². The van der Waals surface area contributed by atoms with E-state index in [0.717, 1.165) is 36.8 Å². The topological polar surface area (TPSA) is 68.3 Å². The molecule has 1 fully saturated rings. The molecule has 1 aromatic heterocycles. The Balaban J connectivity index is 1.42. The summed E-state index contributed by atoms with van der Waals surface area (Å²) >= 11 is 0. The van der Waals surface area contributed by atoms with Crippen LogP contribution in [0.4, 0.5) is 0 Å². The molecule has 2 heterocycles. The summed E-state index contributed by atoms with van der Waals surface area (Å²) < 4.78 is 1.67. The van der Waals surface area contributed by atoms with Gasteiger partial charge in [-0.2, -0.15) is 0 Å². The summed E-state index contributed by atoms with van der Waals surface area (Å²) in [4.78, 5) is 28.2. The van der Waals surface area contributed by atoms with Gasteiger partial charge in [0.05, 0.1) is 5.52 Å². The van der Waals surface area contributed by atoms with Crippen molar-refractivity contribution in [2.45, 2.75) is 18.8 Å². The number of ketones is 2. The van der Waals surface area contributed by atoms with E-state index in [4.69, 9.17) is 5.84 Å². The maximum atomic E-state index is 13.2. The van der Waals surface area contributed by atoms with Gasteiger partial charge in [0.25, 0.3) is 0 Å². The van der Waals surface area contributed by atoms with Gasteiger partial charge in [0, 0.05) is 33.8 Å². The highest BCUT2D eigenvalue weighted by molar-refractivity contribution is 6.12. The van der Waals surface area contributed by atoms with Gasteiger partial charge in [0.2, 0.25) is 0 Å². The molecule has 2 N–H and O–H groups in total. The van der Waals surface area contributed by atoms with Crippen LogP contribution in [-0.2, 0) is 0 Å². The van der Waals surface area contributed by atoms with Gasteiger partial charge in [-0.25, -0.2) is 0 Å². The molecule has 1 aliphatic rings. The smallest absolute Gasteiger partial charge is 0.193 e. The summed E-state index contributed by atoms with van der Waals surface area (Å²) in [5, 5.41) is 1.05. The fraction of sp³-hybridized carbons (Fsp3) is 0.214. The summed E-state index contributed by atoms with van der Waals surface area (Å²) in [6.45, 7) is 2.13. The molecule has 0 spiro atoms. The molecule has 3 aromatic carbocycles. The number of carbonyl (C=O) groups excluding carboxylic acids is 2. The number of rotatable bonds is 5. The highest BCUT2D eigenvalue weighted by Gasteiger charge is 2.23. The average molecular weight is 438 g/mol. The second-order valence-electron chi connectivity index (χ2n) is 8.90. The molecule has 5 heteroatoms. The number of hydrogen-bond acceptors (Lipinski definition) is 4. The van der Waals surface area contributed by atoms with E-state index in [1.54, 1.807) is 41.1 Å². The number of carbonyl (C=O) groups is 2. The molecule has 0 radical (unpaired) electrons. The largest absolute Gasteiger partial charge is 0.339 e. The second-order valence-corrected chi connectivity index (χ2v) is 8.90. The van der Waals surface area contributed by atoms with Crippen LogP contribution < -0.4 is 5.84 Å². The first-order valence-corrected chi connectivity index (χ1v) is 11.3. The summed E-state index contributed by atoms with van der Waals surface area (Å²) in [7, 11) is 2.15. The lowest BCUT2D eigenvalue weighted by atomic mass is 9.88. The van der Waals surface area contributed by atoms with Crippen LogP contribution in [0.25, 0.3) is 10.9 Å². The number of fused-ring (bicyclic) bond motifs is 1. The van der Waals surface area contributed by atoms with E-state index in [9.17, 15) is 9.59 Å². The van der Waals surface area contributed by atoms with Gasteiger partial charge in [-0.1, -0.05) is 54.6 Å². The molecule has 5 nitrogen and oxygen atoms in total. The van der Waals surface area contributed by atoms with E-state index in [-0.39, 0.29) is 11.6 Å². The van der Waals surface area contributed by atoms with Crippen LogP contribution in [0.2, 0.25) is 0 Å². The van der Waals surface area contributed by atoms with Gasteiger partial charge in [-0.15, -0.1) is 0 Å². The molecule has 1 aliphatic heterocycles. The van der Waals surface area contributed by atoms with Gasteiger partial charge < -0.3 is 10.7 Å². The molecule has 33 heavy (non-hydrogen) atoms. The van der Waals surface area contributed by atoms with E-state index in [1.807, 2.05) is 42.6 Å². The molecule has 166 valence electrons. The Kier molecular flexibility index (Phi) is 5.56. The molecule has 0 atom stereocenters. The van der Waals surface area contributed by atoms with Crippen molar-refractivity contribution in [3.05, 3.63) is 107 Å². The third kappa shape index (κ3) is 4.08. The Morgan fingerprint density at radius 3 is 1.97 bits per heavy atom. The Hall–Kier alpha value is -3.70. The Bertz CT molecular complexity index is 1310. The minimum absolute atomic E-state index is 0.0527. The van der Waals surface area contributed by atoms with Crippen molar-refractivity contribution in [3.8, 4) is 0 Å². The van der Waals surface area contributed by atoms with Crippen LogP contribution in [0, 0.1) is 0 Å². The zero-order valence-corrected chi connectivity index (χ0v) is 18.7. The van der Waals surface area contributed by atoms with E-state index in [1.165, 1.54) is 5.56 Å². The Labute approximate surface area is 193 Å². The molecular formula is C28H27N3O2. The van der Waals surface area contributed by atoms with Gasteiger partial charge in [0.1, 0.15) is 0 Å². The summed E-state index contributed by atoms with van der Waals surface area (Å²) in [6.07, 6.45) is 4.19. The number of nitrogens with zero attached hydrogens (tertiary/aromatic N) is 2. The maximum absolute atomic E-state index is 13.2. The maximum Gasteiger partial charge on any atom is 0.193 e. The minimum atomic E-state index is -0.0605. The summed E-state index contributed by atoms with van der Waals surface area (Å²) in [5.74, 6) is 6.56. The van der Waals surface area contributed by atoms with Crippen molar-refractivity contribution < 1.29 is 9.59 Å². The fourth-order valence-electron chi connectivity index (χ4n) is 4.76. The predicted molar refractivity (Wildman–Crippen MR) is 131 cm³/mol. The van der Waals surface area contributed by atoms with Crippen molar-refractivity contribution in [2.24, 2.45) is 0 Å². The number of likely N-dealkylation sites (tertiary alicyclic amines) is 1. The van der Waals surface area contributed by atoms with Crippen molar-refractivity contribution >= 4 is 22.5 Å². The molecule has 4 aromatic rings. The monoisotopic (exact) mass is 437 g/mol. The highest BCUT2D eigenvalue weighted by Crippen LogP contribution is 2.34. The molecule has 0 bridgehead atoms. The van der Waals surface area contributed by atoms with Gasteiger partial charge in [-0.3, -0.25) is 14.3 Å². The Morgan fingerprint density at radius 1 is 0.788 bits per heavy atom. The minimum Gasteiger partial charge on any atom is -0.339 e. The molecule has 1 saturated heterocycles. The average Bonchev–Trinajstić information content (AvgIpc) is 3.20. The zero-order valence-electron chi connectivity index (χ0n) is 18.7. The lowest BCUT2D eigenvalue weighted by Gasteiger charge is -2.28. The lowest BCUT2D eigenvalue weighted by Crippen LogP contribution is -2.29. The van der Waals surface area contributed by atoms with Crippen LogP contribution in [0.3, 0.4) is 0 Å². The molecule has 0 amide bonds. The lowest BCUT2D eigenvalue weighted by molar-refractivity contribution is 0.102. The second kappa shape index (κ2) is 8.68. The van der Waals surface area contributed by atoms with E-state index < -0.39 is 0 Å². The number of benzene rings is 3. The third-order valence-corrected chi connectivity index (χ3v) is 6.73. The van der Waals surface area contributed by atoms with Crippen molar-refractivity contribution in [1.82, 2.24) is 9.58 Å². The molecule has 0 saturated carbocycles. The van der Waals surface area contributed by atoms with Crippen molar-refractivity contribution in [2.75, 3.05) is 26.0 Å². The fourth-order valence-corrected chi connectivity index (χ4v) is 4.76. The quantitative estimate of drug-likeness (QED) is 0.365. The Morgan fingerprint density at radius 2 is 1.33 bits per heavy atom. The van der Waals surface area contributed by atoms with E-state index >= 15 is 0 Å². The number of hydrogen-bond donors (Lipinski definition) is 1. The van der Waals surface area contributed by atoms with Gasteiger partial charge in [-0.05, 0) is 62.7 Å². The van der Waals surface area contributed by atoms with Crippen LogP contribution in [-0.4, -0.2) is 41.3 Å². The van der Waals surface area contributed by atoms with Crippen molar-refractivity contribution in [1.29, 1.82) is 0 Å². The highest BCUT2D eigenvalue weighted by atomic mass is 16.1. The molecule has 0 aliphatic carbocycles. The van der Waals surface area contributed by atoms with E-state index in [2.05, 4.69) is 11.9 Å². The van der Waals surface area contributed by atoms with Crippen molar-refractivity contribution in [3.63, 3.8) is 0 Å². The SMILES string of the molecule is CN1CCC(c2cn(N)c3ccc(C(=O)c4ccc(C(=O)c5ccccc5)cc4)cc23)CC1. The standard InChI is InChI=1S/C28H27N3O2/c1-30-15-13-19(14-16-30)25-18-31(29)26-12-11-23(17-24(25)26)28(33)22-9-7-21(8-10-22)27(32)20-5-3-2-4-6-20/h2-12,17-19H,13-16,29H2,1H3. The normalized spacial score (nSPS) is 15.1. The molecular weight excluding hydrogens is 410 g/mol. The number of piperidine rings is 1. The van der Waals surface area contributed by atoms with Crippen LogP contribution >= 0.6 is 0 Å². The van der Waals surface area contributed by atoms with Crippen LogP contribution in [0.1, 0.15) is 56.2 Å². The zero-order chi connectivity index (χ0) is 22.9. The van der Waals surface area contributed by atoms with E-state index in [0.29, 0.717) is 28.2 Å². The molecule has 0 unspecified atom stereocenters. The number of nitrogen functional groups attached to an aromatic ring is 1. The van der Waals surface area contributed by atoms with Crippen LogP contribution in [0.5, 0.6) is 0 Å². The first-order valence-electron chi connectivity index (χ1n) is 11.3. The summed E-state index contributed by atoms with van der Waals surface area (Å²) in [6, 6.07) is 21.8. The number of aromatic nitrogens is 1. The summed E-state index contributed by atoms with van der Waals surface area (Å²) in [5.41, 5.74) is 4.55. The van der Waals surface area contributed by atoms with Gasteiger partial charge in [0.15, 0.2) is 11.6 Å². The molecule has 5 rings (SSSR count). The first kappa shape index (κ1) is 21.2. The first-order chi connectivity index (χ1) is 16.0.